The second-order valence-electron chi connectivity index (χ2n) is 5.09. The number of rotatable bonds is 4. The zero-order chi connectivity index (χ0) is 13.2. The van der Waals surface area contributed by atoms with Gasteiger partial charge in [0, 0.05) is 29.1 Å². The fraction of sp³-hybridized carbons (Fsp3) is 0.400. The Balaban J connectivity index is 1.64. The van der Waals surface area contributed by atoms with Crippen LogP contribution < -0.4 is 0 Å². The van der Waals surface area contributed by atoms with Crippen molar-refractivity contribution < 1.29 is 4.79 Å². The van der Waals surface area contributed by atoms with Crippen LogP contribution in [0.4, 0.5) is 0 Å². The van der Waals surface area contributed by atoms with Crippen molar-refractivity contribution in [3.8, 4) is 0 Å². The van der Waals surface area contributed by atoms with E-state index in [1.807, 2.05) is 16.2 Å². The Morgan fingerprint density at radius 2 is 2.21 bits per heavy atom. The number of likely N-dealkylation sites (tertiary alicyclic amines) is 1. The summed E-state index contributed by atoms with van der Waals surface area (Å²) in [6.07, 6.45) is 1.64. The van der Waals surface area contributed by atoms with Gasteiger partial charge in [-0.2, -0.15) is 12.6 Å². The summed E-state index contributed by atoms with van der Waals surface area (Å²) < 4.78 is 1.33. The molecule has 1 saturated heterocycles. The molecule has 3 rings (SSSR count). The van der Waals surface area contributed by atoms with E-state index in [9.17, 15) is 4.79 Å². The average Bonchev–Trinajstić information content (AvgIpc) is 2.99. The third-order valence-corrected chi connectivity index (χ3v) is 5.35. The number of carbonyl (C=O) groups excluding carboxylic acids is 1. The molecule has 4 heteroatoms. The molecule has 19 heavy (non-hydrogen) atoms. The van der Waals surface area contributed by atoms with Crippen LogP contribution in [0.1, 0.15) is 11.3 Å². The van der Waals surface area contributed by atoms with E-state index >= 15 is 0 Å². The normalized spacial score (nSPS) is 19.5. The van der Waals surface area contributed by atoms with Crippen molar-refractivity contribution in [2.45, 2.75) is 12.8 Å². The Hall–Kier alpha value is -1.00. The molecule has 2 nitrogen and oxygen atoms in total. The number of hydrogen-bond acceptors (Lipinski definition) is 3. The van der Waals surface area contributed by atoms with Crippen LogP contribution in [0.15, 0.2) is 30.3 Å². The minimum Gasteiger partial charge on any atom is -0.342 e. The number of hydrogen-bond donors (Lipinski definition) is 1. The SMILES string of the molecule is O=C1CC(CS)CN1CCc1cc2ccccc2s1. The molecule has 1 aromatic carbocycles. The summed E-state index contributed by atoms with van der Waals surface area (Å²) in [6.45, 7) is 1.73. The van der Waals surface area contributed by atoms with E-state index in [0.717, 1.165) is 25.3 Å². The number of amides is 1. The summed E-state index contributed by atoms with van der Waals surface area (Å²) >= 11 is 6.13. The van der Waals surface area contributed by atoms with Crippen LogP contribution in [0, 0.1) is 5.92 Å². The lowest BCUT2D eigenvalue weighted by Gasteiger charge is -2.15. The van der Waals surface area contributed by atoms with Crippen LogP contribution in [0.2, 0.25) is 0 Å². The highest BCUT2D eigenvalue weighted by Crippen LogP contribution is 2.26. The molecule has 0 N–H and O–H groups in total. The van der Waals surface area contributed by atoms with Crippen molar-refractivity contribution in [1.82, 2.24) is 4.90 Å². The molecule has 1 aromatic heterocycles. The smallest absolute Gasteiger partial charge is 0.222 e. The fourth-order valence-electron chi connectivity index (χ4n) is 2.60. The summed E-state index contributed by atoms with van der Waals surface area (Å²) in [5.41, 5.74) is 0. The topological polar surface area (TPSA) is 20.3 Å². The zero-order valence-electron chi connectivity index (χ0n) is 10.7. The van der Waals surface area contributed by atoms with Crippen LogP contribution in [0.25, 0.3) is 10.1 Å². The zero-order valence-corrected chi connectivity index (χ0v) is 12.4. The van der Waals surface area contributed by atoms with Gasteiger partial charge in [0.15, 0.2) is 0 Å². The number of thiol groups is 1. The van der Waals surface area contributed by atoms with Gasteiger partial charge in [0.2, 0.25) is 5.91 Å². The molecule has 1 atom stereocenters. The van der Waals surface area contributed by atoms with Crippen LogP contribution in [-0.2, 0) is 11.2 Å². The van der Waals surface area contributed by atoms with Gasteiger partial charge in [0.1, 0.15) is 0 Å². The predicted octanol–water partition coefficient (Wildman–Crippen LogP) is 3.22. The number of thiophene rings is 1. The van der Waals surface area contributed by atoms with Gasteiger partial charge >= 0.3 is 0 Å². The quantitative estimate of drug-likeness (QED) is 0.858. The lowest BCUT2D eigenvalue weighted by Crippen LogP contribution is -2.27. The molecule has 1 amide bonds. The summed E-state index contributed by atoms with van der Waals surface area (Å²) in [7, 11) is 0. The standard InChI is InChI=1S/C15H17NOS2/c17-15-7-11(10-18)9-16(15)6-5-13-8-12-3-1-2-4-14(12)19-13/h1-4,8,11,18H,5-7,9-10H2. The van der Waals surface area contributed by atoms with Crippen LogP contribution >= 0.6 is 24.0 Å². The Morgan fingerprint density at radius 1 is 1.37 bits per heavy atom. The molecule has 0 spiro atoms. The van der Waals surface area contributed by atoms with Gasteiger partial charge in [0.05, 0.1) is 0 Å². The molecule has 1 aliphatic rings. The van der Waals surface area contributed by atoms with E-state index in [2.05, 4.69) is 43.0 Å². The lowest BCUT2D eigenvalue weighted by molar-refractivity contribution is -0.127. The van der Waals surface area contributed by atoms with Crippen LogP contribution in [0.3, 0.4) is 0 Å². The first-order valence-corrected chi connectivity index (χ1v) is 8.07. The van der Waals surface area contributed by atoms with Crippen molar-refractivity contribution in [3.05, 3.63) is 35.2 Å². The van der Waals surface area contributed by atoms with E-state index < -0.39 is 0 Å². The van der Waals surface area contributed by atoms with Crippen LogP contribution in [-0.4, -0.2) is 29.6 Å². The van der Waals surface area contributed by atoms with Gasteiger partial charge in [-0.1, -0.05) is 18.2 Å². The minimum absolute atomic E-state index is 0.292. The Kier molecular flexibility index (Phi) is 3.80. The van der Waals surface area contributed by atoms with Gasteiger partial charge < -0.3 is 4.90 Å². The molecule has 0 saturated carbocycles. The molecule has 1 unspecified atom stereocenters. The maximum atomic E-state index is 11.8. The Labute approximate surface area is 122 Å². The first-order chi connectivity index (χ1) is 9.26. The Bertz CT molecular complexity index is 560. The predicted molar refractivity (Wildman–Crippen MR) is 84.1 cm³/mol. The molecular formula is C15H17NOS2. The van der Waals surface area contributed by atoms with Gasteiger partial charge in [0.25, 0.3) is 0 Å². The van der Waals surface area contributed by atoms with Crippen molar-refractivity contribution in [1.29, 1.82) is 0 Å². The third kappa shape index (κ3) is 2.79. The van der Waals surface area contributed by atoms with Crippen molar-refractivity contribution >= 4 is 40.0 Å². The molecular weight excluding hydrogens is 274 g/mol. The highest BCUT2D eigenvalue weighted by Gasteiger charge is 2.28. The highest BCUT2D eigenvalue weighted by atomic mass is 32.1. The van der Waals surface area contributed by atoms with Gasteiger partial charge in [-0.05, 0) is 35.6 Å². The number of carbonyl (C=O) groups is 1. The van der Waals surface area contributed by atoms with Gasteiger partial charge in [-0.3, -0.25) is 4.79 Å². The molecule has 2 heterocycles. The first kappa shape index (κ1) is 13.0. The molecule has 0 radical (unpaired) electrons. The molecule has 1 fully saturated rings. The van der Waals surface area contributed by atoms with Crippen molar-refractivity contribution in [2.75, 3.05) is 18.8 Å². The van der Waals surface area contributed by atoms with E-state index in [1.54, 1.807) is 0 Å². The van der Waals surface area contributed by atoms with Crippen LogP contribution in [0.5, 0.6) is 0 Å². The van der Waals surface area contributed by atoms with Gasteiger partial charge in [-0.15, -0.1) is 11.3 Å². The Morgan fingerprint density at radius 3 is 2.95 bits per heavy atom. The molecule has 2 aromatic rings. The van der Waals surface area contributed by atoms with E-state index in [-0.39, 0.29) is 0 Å². The maximum absolute atomic E-state index is 11.8. The minimum atomic E-state index is 0.292. The second kappa shape index (κ2) is 5.55. The summed E-state index contributed by atoms with van der Waals surface area (Å²) in [6, 6.07) is 10.7. The van der Waals surface area contributed by atoms with E-state index in [1.165, 1.54) is 15.0 Å². The molecule has 1 aliphatic heterocycles. The van der Waals surface area contributed by atoms with Crippen molar-refractivity contribution in [3.63, 3.8) is 0 Å². The largest absolute Gasteiger partial charge is 0.342 e. The van der Waals surface area contributed by atoms with E-state index in [4.69, 9.17) is 0 Å². The summed E-state index contributed by atoms with van der Waals surface area (Å²) in [5, 5.41) is 1.31. The number of nitrogens with zero attached hydrogens (tertiary/aromatic N) is 1. The monoisotopic (exact) mass is 291 g/mol. The van der Waals surface area contributed by atoms with Crippen molar-refractivity contribution in [2.24, 2.45) is 5.92 Å². The molecule has 0 aliphatic carbocycles. The number of benzene rings is 1. The molecule has 0 bridgehead atoms. The number of fused-ring (bicyclic) bond motifs is 1. The highest BCUT2D eigenvalue weighted by molar-refractivity contribution is 7.80. The second-order valence-corrected chi connectivity index (χ2v) is 6.63. The first-order valence-electron chi connectivity index (χ1n) is 6.62. The average molecular weight is 291 g/mol. The van der Waals surface area contributed by atoms with E-state index in [0.29, 0.717) is 18.2 Å². The molecule has 100 valence electrons. The third-order valence-electron chi connectivity index (χ3n) is 3.66. The maximum Gasteiger partial charge on any atom is 0.222 e. The summed E-state index contributed by atoms with van der Waals surface area (Å²) in [4.78, 5) is 15.2. The van der Waals surface area contributed by atoms with Gasteiger partial charge in [-0.25, -0.2) is 0 Å². The summed E-state index contributed by atoms with van der Waals surface area (Å²) in [5.74, 6) is 1.55. The fourth-order valence-corrected chi connectivity index (χ4v) is 3.90. The lowest BCUT2D eigenvalue weighted by atomic mass is 10.1.